The number of anilines is 1. The van der Waals surface area contributed by atoms with Gasteiger partial charge in [-0.3, -0.25) is 14.0 Å². The minimum absolute atomic E-state index is 0.163. The van der Waals surface area contributed by atoms with Crippen LogP contribution in [0.4, 0.5) is 5.69 Å². The van der Waals surface area contributed by atoms with Crippen LogP contribution >= 0.6 is 0 Å². The molecule has 3 rings (SSSR count). The lowest BCUT2D eigenvalue weighted by atomic mass is 10.0. The summed E-state index contributed by atoms with van der Waals surface area (Å²) >= 11 is 0. The van der Waals surface area contributed by atoms with Gasteiger partial charge in [0, 0.05) is 32.1 Å². The van der Waals surface area contributed by atoms with E-state index in [1.165, 1.54) is 5.56 Å². The molecule has 29 heavy (non-hydrogen) atoms. The third-order valence-corrected chi connectivity index (χ3v) is 4.61. The molecule has 2 heterocycles. The number of fused-ring (bicyclic) bond motifs is 1. The number of carbonyl (C=O) groups is 2. The predicted molar refractivity (Wildman–Crippen MR) is 113 cm³/mol. The average molecular weight is 394 g/mol. The third-order valence-electron chi connectivity index (χ3n) is 4.61. The van der Waals surface area contributed by atoms with E-state index in [1.54, 1.807) is 29.8 Å². The van der Waals surface area contributed by atoms with E-state index in [0.29, 0.717) is 36.7 Å². The predicted octanol–water partition coefficient (Wildman–Crippen LogP) is 3.48. The standard InChI is InChI=1S/C22H26N4O3/c1-15(2)16-8-10-17(11-9-16)24-22(28)20-25-19(18-7-4-5-13-26(18)20)21(27)23-12-6-14-29-3/h4-5,7-11,13,15H,6,12,14H2,1-3H3,(H,23,27)(H,24,28). The van der Waals surface area contributed by atoms with Gasteiger partial charge in [-0.25, -0.2) is 4.98 Å². The smallest absolute Gasteiger partial charge is 0.292 e. The summed E-state index contributed by atoms with van der Waals surface area (Å²) in [4.78, 5) is 29.7. The summed E-state index contributed by atoms with van der Waals surface area (Å²) in [5.41, 5.74) is 2.68. The Bertz CT molecular complexity index is 993. The molecule has 0 spiro atoms. The second-order valence-electron chi connectivity index (χ2n) is 7.07. The maximum Gasteiger partial charge on any atom is 0.292 e. The van der Waals surface area contributed by atoms with Crippen molar-refractivity contribution in [3.8, 4) is 0 Å². The number of hydrogen-bond acceptors (Lipinski definition) is 4. The average Bonchev–Trinajstić information content (AvgIpc) is 3.11. The molecule has 7 heteroatoms. The SMILES string of the molecule is COCCCNC(=O)c1nc(C(=O)Nc2ccc(C(C)C)cc2)n2ccccc12. The molecule has 0 aliphatic carbocycles. The molecular formula is C22H26N4O3. The summed E-state index contributed by atoms with van der Waals surface area (Å²) < 4.78 is 6.61. The minimum Gasteiger partial charge on any atom is -0.385 e. The van der Waals surface area contributed by atoms with Gasteiger partial charge in [0.05, 0.1) is 5.52 Å². The highest BCUT2D eigenvalue weighted by atomic mass is 16.5. The first kappa shape index (κ1) is 20.5. The molecule has 0 aliphatic heterocycles. The van der Waals surface area contributed by atoms with E-state index < -0.39 is 0 Å². The van der Waals surface area contributed by atoms with Crippen molar-refractivity contribution in [1.82, 2.24) is 14.7 Å². The Morgan fingerprint density at radius 2 is 1.86 bits per heavy atom. The fourth-order valence-corrected chi connectivity index (χ4v) is 3.01. The minimum atomic E-state index is -0.373. The molecule has 152 valence electrons. The van der Waals surface area contributed by atoms with E-state index in [-0.39, 0.29) is 23.3 Å². The molecule has 2 aromatic heterocycles. The number of nitrogens with one attached hydrogen (secondary N) is 2. The van der Waals surface area contributed by atoms with Crippen LogP contribution in [0.5, 0.6) is 0 Å². The molecule has 0 saturated heterocycles. The van der Waals surface area contributed by atoms with Gasteiger partial charge in [0.1, 0.15) is 0 Å². The van der Waals surface area contributed by atoms with E-state index in [4.69, 9.17) is 4.74 Å². The van der Waals surface area contributed by atoms with Crippen LogP contribution in [-0.4, -0.2) is 41.5 Å². The zero-order valence-corrected chi connectivity index (χ0v) is 16.9. The summed E-state index contributed by atoms with van der Waals surface area (Å²) in [5, 5.41) is 5.68. The van der Waals surface area contributed by atoms with Crippen molar-refractivity contribution in [2.24, 2.45) is 0 Å². The Morgan fingerprint density at radius 1 is 1.10 bits per heavy atom. The number of aromatic nitrogens is 2. The maximum absolute atomic E-state index is 12.8. The summed E-state index contributed by atoms with van der Waals surface area (Å²) in [7, 11) is 1.62. The zero-order valence-electron chi connectivity index (χ0n) is 16.9. The van der Waals surface area contributed by atoms with Gasteiger partial charge in [-0.05, 0) is 42.2 Å². The second kappa shape index (κ2) is 9.34. The molecule has 0 aliphatic rings. The van der Waals surface area contributed by atoms with Gasteiger partial charge >= 0.3 is 0 Å². The molecule has 0 fully saturated rings. The zero-order chi connectivity index (χ0) is 20.8. The van der Waals surface area contributed by atoms with Gasteiger partial charge in [0.2, 0.25) is 5.82 Å². The van der Waals surface area contributed by atoms with Crippen LogP contribution in [0.15, 0.2) is 48.7 Å². The number of amides is 2. The molecule has 1 aromatic carbocycles. The fourth-order valence-electron chi connectivity index (χ4n) is 3.01. The molecule has 0 bridgehead atoms. The molecule has 0 radical (unpaired) electrons. The number of carbonyl (C=O) groups excluding carboxylic acids is 2. The molecule has 2 amide bonds. The lowest BCUT2D eigenvalue weighted by molar-refractivity contribution is 0.0946. The highest BCUT2D eigenvalue weighted by molar-refractivity contribution is 6.06. The van der Waals surface area contributed by atoms with Crippen LogP contribution in [-0.2, 0) is 4.74 Å². The molecule has 7 nitrogen and oxygen atoms in total. The van der Waals surface area contributed by atoms with Gasteiger partial charge in [-0.15, -0.1) is 0 Å². The second-order valence-corrected chi connectivity index (χ2v) is 7.07. The number of methoxy groups -OCH3 is 1. The molecule has 3 aromatic rings. The first-order valence-electron chi connectivity index (χ1n) is 9.66. The van der Waals surface area contributed by atoms with Crippen LogP contribution in [0.1, 0.15) is 52.9 Å². The molecule has 0 unspecified atom stereocenters. The maximum atomic E-state index is 12.8. The van der Waals surface area contributed by atoms with E-state index in [9.17, 15) is 9.59 Å². The normalized spacial score (nSPS) is 11.0. The van der Waals surface area contributed by atoms with Crippen molar-refractivity contribution in [2.75, 3.05) is 25.6 Å². The summed E-state index contributed by atoms with van der Waals surface area (Å²) in [6, 6.07) is 13.1. The monoisotopic (exact) mass is 394 g/mol. The van der Waals surface area contributed by atoms with E-state index in [1.807, 2.05) is 30.3 Å². The number of nitrogens with zero attached hydrogens (tertiary/aromatic N) is 2. The largest absolute Gasteiger partial charge is 0.385 e. The van der Waals surface area contributed by atoms with Crippen LogP contribution in [0, 0.1) is 0 Å². The van der Waals surface area contributed by atoms with Crippen molar-refractivity contribution < 1.29 is 14.3 Å². The van der Waals surface area contributed by atoms with Gasteiger partial charge < -0.3 is 15.4 Å². The van der Waals surface area contributed by atoms with Gasteiger partial charge in [0.15, 0.2) is 5.69 Å². The van der Waals surface area contributed by atoms with Crippen molar-refractivity contribution >= 4 is 23.0 Å². The van der Waals surface area contributed by atoms with Gasteiger partial charge in [0.25, 0.3) is 11.8 Å². The highest BCUT2D eigenvalue weighted by Crippen LogP contribution is 2.19. The van der Waals surface area contributed by atoms with Crippen molar-refractivity contribution in [1.29, 1.82) is 0 Å². The van der Waals surface area contributed by atoms with E-state index in [0.717, 1.165) is 0 Å². The molecule has 0 saturated carbocycles. The van der Waals surface area contributed by atoms with Gasteiger partial charge in [-0.2, -0.15) is 0 Å². The summed E-state index contributed by atoms with van der Waals surface area (Å²) in [6.45, 7) is 5.27. The lowest BCUT2D eigenvalue weighted by Crippen LogP contribution is -2.26. The summed E-state index contributed by atoms with van der Waals surface area (Å²) in [5.74, 6) is -0.108. The molecule has 2 N–H and O–H groups in total. The van der Waals surface area contributed by atoms with Crippen LogP contribution < -0.4 is 10.6 Å². The lowest BCUT2D eigenvalue weighted by Gasteiger charge is -2.08. The quantitative estimate of drug-likeness (QED) is 0.573. The number of ether oxygens (including phenoxy) is 1. The number of pyridine rings is 1. The third kappa shape index (κ3) is 4.81. The molecular weight excluding hydrogens is 368 g/mol. The van der Waals surface area contributed by atoms with Crippen molar-refractivity contribution in [3.05, 3.63) is 65.7 Å². The number of rotatable bonds is 8. The van der Waals surface area contributed by atoms with Crippen LogP contribution in [0.2, 0.25) is 0 Å². The first-order valence-corrected chi connectivity index (χ1v) is 9.66. The Hall–Kier alpha value is -3.19. The number of hydrogen-bond donors (Lipinski definition) is 2. The summed E-state index contributed by atoms with van der Waals surface area (Å²) in [6.07, 6.45) is 2.43. The number of benzene rings is 1. The Balaban J connectivity index is 1.81. The van der Waals surface area contributed by atoms with Crippen LogP contribution in [0.25, 0.3) is 5.52 Å². The van der Waals surface area contributed by atoms with E-state index in [2.05, 4.69) is 29.5 Å². The van der Waals surface area contributed by atoms with E-state index >= 15 is 0 Å². The number of imidazole rings is 1. The first-order chi connectivity index (χ1) is 14.0. The topological polar surface area (TPSA) is 84.7 Å². The Labute approximate surface area is 170 Å². The van der Waals surface area contributed by atoms with Gasteiger partial charge in [-0.1, -0.05) is 32.0 Å². The Kier molecular flexibility index (Phi) is 6.61. The Morgan fingerprint density at radius 3 is 2.55 bits per heavy atom. The van der Waals surface area contributed by atoms with Crippen LogP contribution in [0.3, 0.4) is 0 Å². The van der Waals surface area contributed by atoms with Crippen molar-refractivity contribution in [3.63, 3.8) is 0 Å². The highest BCUT2D eigenvalue weighted by Gasteiger charge is 2.21. The van der Waals surface area contributed by atoms with Crippen molar-refractivity contribution in [2.45, 2.75) is 26.2 Å². The molecule has 0 atom stereocenters. The fraction of sp³-hybridized carbons (Fsp3) is 0.318.